The van der Waals surface area contributed by atoms with Gasteiger partial charge in [-0.3, -0.25) is 0 Å². The third-order valence-electron chi connectivity index (χ3n) is 2.33. The molecule has 0 heterocycles. The van der Waals surface area contributed by atoms with Crippen LogP contribution in [-0.4, -0.2) is 0 Å². The second-order valence-electron chi connectivity index (χ2n) is 3.98. The van der Waals surface area contributed by atoms with E-state index in [-0.39, 0.29) is 10.9 Å². The molecule has 1 aromatic rings. The zero-order chi connectivity index (χ0) is 11.7. The van der Waals surface area contributed by atoms with E-state index in [9.17, 15) is 4.39 Å². The van der Waals surface area contributed by atoms with Crippen LogP contribution >= 0.6 is 11.6 Å². The van der Waals surface area contributed by atoms with Gasteiger partial charge in [0.2, 0.25) is 0 Å². The van der Waals surface area contributed by atoms with Gasteiger partial charge in [-0.25, -0.2) is 4.39 Å². The van der Waals surface area contributed by atoms with E-state index < -0.39 is 5.82 Å². The van der Waals surface area contributed by atoms with Crippen LogP contribution in [0.15, 0.2) is 12.6 Å². The van der Waals surface area contributed by atoms with E-state index >= 15 is 0 Å². The second kappa shape index (κ2) is 4.23. The molecule has 0 saturated heterocycles. The number of nitrogen functional groups attached to an aromatic ring is 1. The Bertz CT molecular complexity index is 411. The van der Waals surface area contributed by atoms with Crippen molar-refractivity contribution in [2.45, 2.75) is 26.7 Å². The summed E-state index contributed by atoms with van der Waals surface area (Å²) in [7, 11) is 0. The van der Waals surface area contributed by atoms with Gasteiger partial charge in [0.1, 0.15) is 5.82 Å². The predicted molar refractivity (Wildman–Crippen MR) is 64.6 cm³/mol. The first-order valence-electron chi connectivity index (χ1n) is 4.79. The fraction of sp³-hybridized carbons (Fsp3) is 0.333. The second-order valence-corrected chi connectivity index (χ2v) is 4.39. The van der Waals surface area contributed by atoms with Crippen molar-refractivity contribution < 1.29 is 4.39 Å². The molecule has 0 saturated carbocycles. The maximum Gasteiger partial charge on any atom is 0.147 e. The van der Waals surface area contributed by atoms with Crippen LogP contribution in [0.25, 0.3) is 5.57 Å². The number of benzene rings is 1. The molecule has 15 heavy (non-hydrogen) atoms. The highest BCUT2D eigenvalue weighted by Crippen LogP contribution is 2.35. The Morgan fingerprint density at radius 2 is 2.07 bits per heavy atom. The van der Waals surface area contributed by atoms with E-state index in [0.29, 0.717) is 11.3 Å². The molecule has 0 spiro atoms. The summed E-state index contributed by atoms with van der Waals surface area (Å²) in [4.78, 5) is 0. The van der Waals surface area contributed by atoms with E-state index in [1.807, 2.05) is 20.8 Å². The number of allylic oxidation sites excluding steroid dienone is 1. The van der Waals surface area contributed by atoms with Crippen molar-refractivity contribution in [1.29, 1.82) is 0 Å². The van der Waals surface area contributed by atoms with Gasteiger partial charge in [-0.05, 0) is 24.5 Å². The summed E-state index contributed by atoms with van der Waals surface area (Å²) in [5.41, 5.74) is 8.33. The van der Waals surface area contributed by atoms with Gasteiger partial charge >= 0.3 is 0 Å². The van der Waals surface area contributed by atoms with Crippen LogP contribution in [0.1, 0.15) is 37.8 Å². The van der Waals surface area contributed by atoms with Crippen LogP contribution in [0, 0.1) is 5.82 Å². The van der Waals surface area contributed by atoms with Crippen molar-refractivity contribution in [3.05, 3.63) is 34.6 Å². The van der Waals surface area contributed by atoms with Gasteiger partial charge in [0.15, 0.2) is 0 Å². The quantitative estimate of drug-likeness (QED) is 0.753. The van der Waals surface area contributed by atoms with Crippen LogP contribution in [0.4, 0.5) is 10.1 Å². The summed E-state index contributed by atoms with van der Waals surface area (Å²) >= 11 is 5.81. The molecule has 3 heteroatoms. The highest BCUT2D eigenvalue weighted by Gasteiger charge is 2.17. The number of rotatable bonds is 2. The summed E-state index contributed by atoms with van der Waals surface area (Å²) in [5.74, 6) is -0.420. The summed E-state index contributed by atoms with van der Waals surface area (Å²) in [6, 6.07) is 1.53. The first-order valence-corrected chi connectivity index (χ1v) is 5.17. The molecule has 0 fully saturated rings. The number of halogens is 2. The Balaban J connectivity index is 3.56. The largest absolute Gasteiger partial charge is 0.398 e. The highest BCUT2D eigenvalue weighted by molar-refractivity contribution is 6.31. The Morgan fingerprint density at radius 1 is 1.53 bits per heavy atom. The maximum absolute atomic E-state index is 13.7. The molecular formula is C12H15ClFN. The van der Waals surface area contributed by atoms with Crippen molar-refractivity contribution >= 4 is 22.9 Å². The third-order valence-corrected chi connectivity index (χ3v) is 2.61. The topological polar surface area (TPSA) is 26.0 Å². The fourth-order valence-electron chi connectivity index (χ4n) is 1.58. The number of hydrogen-bond donors (Lipinski definition) is 1. The Hall–Kier alpha value is -1.02. The molecule has 2 N–H and O–H groups in total. The van der Waals surface area contributed by atoms with Crippen molar-refractivity contribution in [2.24, 2.45) is 0 Å². The highest BCUT2D eigenvalue weighted by atomic mass is 35.5. The SMILES string of the molecule is C=C(C)c1cc(Cl)c(F)c(C(C)C)c1N. The summed E-state index contributed by atoms with van der Waals surface area (Å²) in [5, 5.41) is 0.103. The average molecular weight is 228 g/mol. The molecule has 82 valence electrons. The molecule has 0 atom stereocenters. The normalized spacial score (nSPS) is 10.8. The minimum atomic E-state index is -0.422. The van der Waals surface area contributed by atoms with Crippen LogP contribution in [0.5, 0.6) is 0 Å². The first-order chi connectivity index (χ1) is 6.86. The van der Waals surface area contributed by atoms with Gasteiger partial charge in [-0.2, -0.15) is 0 Å². The molecule has 1 rings (SSSR count). The zero-order valence-electron chi connectivity index (χ0n) is 9.20. The fourth-order valence-corrected chi connectivity index (χ4v) is 1.79. The van der Waals surface area contributed by atoms with Gasteiger partial charge in [0.25, 0.3) is 0 Å². The van der Waals surface area contributed by atoms with Crippen molar-refractivity contribution in [3.8, 4) is 0 Å². The van der Waals surface area contributed by atoms with Crippen molar-refractivity contribution in [1.82, 2.24) is 0 Å². The lowest BCUT2D eigenvalue weighted by molar-refractivity contribution is 0.600. The van der Waals surface area contributed by atoms with E-state index in [1.165, 1.54) is 6.07 Å². The molecule has 1 nitrogen and oxygen atoms in total. The average Bonchev–Trinajstić information content (AvgIpc) is 2.10. The number of hydrogen-bond acceptors (Lipinski definition) is 1. The summed E-state index contributed by atoms with van der Waals surface area (Å²) < 4.78 is 13.7. The molecular weight excluding hydrogens is 213 g/mol. The van der Waals surface area contributed by atoms with E-state index in [1.54, 1.807) is 0 Å². The molecule has 1 aromatic carbocycles. The van der Waals surface area contributed by atoms with Gasteiger partial charge in [-0.1, -0.05) is 32.0 Å². The van der Waals surface area contributed by atoms with Gasteiger partial charge in [-0.15, -0.1) is 0 Å². The summed E-state index contributed by atoms with van der Waals surface area (Å²) in [6.07, 6.45) is 0. The van der Waals surface area contributed by atoms with E-state index in [0.717, 1.165) is 11.1 Å². The van der Waals surface area contributed by atoms with Crippen molar-refractivity contribution in [3.63, 3.8) is 0 Å². The predicted octanol–water partition coefficient (Wildman–Crippen LogP) is 4.22. The maximum atomic E-state index is 13.7. The molecule has 0 aliphatic carbocycles. The molecule has 0 bridgehead atoms. The Kier molecular flexibility index (Phi) is 3.40. The molecule has 0 aliphatic heterocycles. The lowest BCUT2D eigenvalue weighted by Crippen LogP contribution is -2.04. The lowest BCUT2D eigenvalue weighted by Gasteiger charge is -2.16. The first kappa shape index (κ1) is 12.1. The van der Waals surface area contributed by atoms with Crippen LogP contribution in [0.3, 0.4) is 0 Å². The summed E-state index contributed by atoms with van der Waals surface area (Å²) in [6.45, 7) is 9.38. The van der Waals surface area contributed by atoms with Crippen LogP contribution in [0.2, 0.25) is 5.02 Å². The number of anilines is 1. The van der Waals surface area contributed by atoms with Crippen LogP contribution < -0.4 is 5.73 Å². The van der Waals surface area contributed by atoms with Crippen LogP contribution in [-0.2, 0) is 0 Å². The van der Waals surface area contributed by atoms with E-state index in [2.05, 4.69) is 6.58 Å². The van der Waals surface area contributed by atoms with Gasteiger partial charge < -0.3 is 5.73 Å². The Morgan fingerprint density at radius 3 is 2.47 bits per heavy atom. The van der Waals surface area contributed by atoms with Crippen molar-refractivity contribution in [2.75, 3.05) is 5.73 Å². The van der Waals surface area contributed by atoms with Gasteiger partial charge in [0, 0.05) is 16.8 Å². The molecule has 0 aliphatic rings. The molecule has 0 amide bonds. The van der Waals surface area contributed by atoms with E-state index in [4.69, 9.17) is 17.3 Å². The number of nitrogens with two attached hydrogens (primary N) is 1. The molecule has 0 radical (unpaired) electrons. The Labute approximate surface area is 94.7 Å². The standard InChI is InChI=1S/C12H15ClFN/c1-6(2)8-5-9(13)11(14)10(7(3)4)12(8)15/h5,7H,1,15H2,2-4H3. The van der Waals surface area contributed by atoms with Gasteiger partial charge in [0.05, 0.1) is 5.02 Å². The smallest absolute Gasteiger partial charge is 0.147 e. The monoisotopic (exact) mass is 227 g/mol. The molecule has 0 unspecified atom stereocenters. The third kappa shape index (κ3) is 2.15. The zero-order valence-corrected chi connectivity index (χ0v) is 9.95. The molecule has 0 aromatic heterocycles. The minimum absolute atomic E-state index is 0.00167. The minimum Gasteiger partial charge on any atom is -0.398 e. The lowest BCUT2D eigenvalue weighted by atomic mass is 9.95.